The van der Waals surface area contributed by atoms with Gasteiger partial charge in [-0.1, -0.05) is 0 Å². The third-order valence-electron chi connectivity index (χ3n) is 1.65. The molecule has 82 valence electrons. The molecule has 0 saturated carbocycles. The summed E-state index contributed by atoms with van der Waals surface area (Å²) in [6, 6.07) is 4.18. The Labute approximate surface area is 90.3 Å². The van der Waals surface area contributed by atoms with Gasteiger partial charge < -0.3 is 14.3 Å². The number of hydrogen-bond acceptors (Lipinski definition) is 5. The van der Waals surface area contributed by atoms with Crippen LogP contribution in [-0.2, 0) is 9.53 Å². The number of carbonyl (C=O) groups is 2. The fraction of sp³-hybridized carbons (Fsp3) is 0.100. The van der Waals surface area contributed by atoms with Crippen LogP contribution in [0.5, 0.6) is 0 Å². The van der Waals surface area contributed by atoms with E-state index in [0.29, 0.717) is 0 Å². The molecule has 0 radical (unpaired) electrons. The maximum atomic E-state index is 11.0. The van der Waals surface area contributed by atoms with Crippen LogP contribution in [0, 0.1) is 11.3 Å². The first-order valence-electron chi connectivity index (χ1n) is 4.11. The molecule has 0 spiro atoms. The Morgan fingerprint density at radius 2 is 2.25 bits per heavy atom. The highest BCUT2D eigenvalue weighted by atomic mass is 16.5. The van der Waals surface area contributed by atoms with Gasteiger partial charge in [-0.05, 0) is 12.1 Å². The van der Waals surface area contributed by atoms with Crippen LogP contribution in [-0.4, -0.2) is 24.2 Å². The molecule has 0 bridgehead atoms. The van der Waals surface area contributed by atoms with Gasteiger partial charge in [0, 0.05) is 6.08 Å². The number of esters is 1. The molecule has 16 heavy (non-hydrogen) atoms. The molecule has 0 atom stereocenters. The number of hydrogen-bond donors (Lipinski definition) is 1. The van der Waals surface area contributed by atoms with Crippen LogP contribution < -0.4 is 0 Å². The number of carboxylic acid groups (broad SMARTS) is 1. The first-order valence-corrected chi connectivity index (χ1v) is 4.11. The average molecular weight is 221 g/mol. The van der Waals surface area contributed by atoms with Crippen molar-refractivity contribution in [1.82, 2.24) is 0 Å². The van der Waals surface area contributed by atoms with Gasteiger partial charge in [0.2, 0.25) is 5.76 Å². The van der Waals surface area contributed by atoms with Crippen LogP contribution >= 0.6 is 0 Å². The van der Waals surface area contributed by atoms with Crippen molar-refractivity contribution >= 4 is 18.0 Å². The molecular formula is C10H7NO5. The van der Waals surface area contributed by atoms with Gasteiger partial charge >= 0.3 is 11.9 Å². The first-order chi connectivity index (χ1) is 7.58. The van der Waals surface area contributed by atoms with E-state index in [9.17, 15) is 9.59 Å². The lowest BCUT2D eigenvalue weighted by Crippen LogP contribution is -1.98. The van der Waals surface area contributed by atoms with Gasteiger partial charge in [0.25, 0.3) is 0 Å². The van der Waals surface area contributed by atoms with Gasteiger partial charge in [0.05, 0.1) is 7.11 Å². The quantitative estimate of drug-likeness (QED) is 0.465. The van der Waals surface area contributed by atoms with Crippen LogP contribution in [0.4, 0.5) is 0 Å². The molecule has 1 rings (SSSR count). The van der Waals surface area contributed by atoms with Gasteiger partial charge in [-0.2, -0.15) is 5.26 Å². The highest BCUT2D eigenvalue weighted by Gasteiger charge is 2.12. The number of rotatable bonds is 3. The Morgan fingerprint density at radius 1 is 1.56 bits per heavy atom. The Kier molecular flexibility index (Phi) is 3.45. The molecule has 0 fully saturated rings. The lowest BCUT2D eigenvalue weighted by Gasteiger charge is -1.92. The topological polar surface area (TPSA) is 101 Å². The minimum atomic E-state index is -1.36. The molecule has 1 aromatic heterocycles. The fourth-order valence-electron chi connectivity index (χ4n) is 0.925. The maximum Gasteiger partial charge on any atom is 0.373 e. The van der Waals surface area contributed by atoms with Crippen LogP contribution in [0.15, 0.2) is 22.1 Å². The zero-order valence-electron chi connectivity index (χ0n) is 8.26. The van der Waals surface area contributed by atoms with Crippen LogP contribution in [0.2, 0.25) is 0 Å². The third kappa shape index (κ3) is 2.48. The van der Waals surface area contributed by atoms with Gasteiger partial charge in [-0.15, -0.1) is 0 Å². The van der Waals surface area contributed by atoms with E-state index in [2.05, 4.69) is 4.74 Å². The van der Waals surface area contributed by atoms with Crippen molar-refractivity contribution < 1.29 is 23.8 Å². The van der Waals surface area contributed by atoms with E-state index in [-0.39, 0.29) is 11.5 Å². The molecule has 6 heteroatoms. The van der Waals surface area contributed by atoms with E-state index in [4.69, 9.17) is 14.8 Å². The van der Waals surface area contributed by atoms with Gasteiger partial charge in [-0.3, -0.25) is 0 Å². The molecule has 0 unspecified atom stereocenters. The van der Waals surface area contributed by atoms with Gasteiger partial charge in [0.1, 0.15) is 17.4 Å². The Morgan fingerprint density at radius 3 is 2.75 bits per heavy atom. The Balaban J connectivity index is 3.00. The minimum Gasteiger partial charge on any atom is -0.477 e. The van der Waals surface area contributed by atoms with Crippen LogP contribution in [0.3, 0.4) is 0 Å². The maximum absolute atomic E-state index is 11.0. The second kappa shape index (κ2) is 4.79. The minimum absolute atomic E-state index is 0.0589. The van der Waals surface area contributed by atoms with E-state index >= 15 is 0 Å². The summed E-state index contributed by atoms with van der Waals surface area (Å²) < 4.78 is 9.35. The summed E-state index contributed by atoms with van der Waals surface area (Å²) in [7, 11) is 1.19. The molecule has 1 aromatic rings. The second-order valence-electron chi connectivity index (χ2n) is 2.67. The average Bonchev–Trinajstić information content (AvgIpc) is 2.72. The lowest BCUT2D eigenvalue weighted by atomic mass is 10.2. The lowest BCUT2D eigenvalue weighted by molar-refractivity contribution is -0.132. The molecular weight excluding hydrogens is 214 g/mol. The van der Waals surface area contributed by atoms with Crippen molar-refractivity contribution in [3.05, 3.63) is 29.2 Å². The zero-order valence-corrected chi connectivity index (χ0v) is 8.26. The van der Waals surface area contributed by atoms with Crippen molar-refractivity contribution in [3.63, 3.8) is 0 Å². The summed E-state index contributed by atoms with van der Waals surface area (Å²) in [6.45, 7) is 0. The summed E-state index contributed by atoms with van der Waals surface area (Å²) in [5.41, 5.74) is -0.481. The van der Waals surface area contributed by atoms with Crippen molar-refractivity contribution in [2.45, 2.75) is 0 Å². The molecule has 6 nitrogen and oxygen atoms in total. The number of nitrogens with zero attached hydrogens (tertiary/aromatic N) is 1. The van der Waals surface area contributed by atoms with E-state index in [1.807, 2.05) is 0 Å². The molecule has 0 aliphatic rings. The Hall–Kier alpha value is -2.55. The van der Waals surface area contributed by atoms with E-state index in [0.717, 1.165) is 6.08 Å². The monoisotopic (exact) mass is 221 g/mol. The van der Waals surface area contributed by atoms with Gasteiger partial charge in [-0.25, -0.2) is 9.59 Å². The number of methoxy groups -OCH3 is 1. The number of furan rings is 1. The van der Waals surface area contributed by atoms with Crippen LogP contribution in [0.1, 0.15) is 16.3 Å². The normalized spacial score (nSPS) is 10.6. The largest absolute Gasteiger partial charge is 0.477 e. The van der Waals surface area contributed by atoms with Crippen molar-refractivity contribution in [3.8, 4) is 6.07 Å². The number of nitriles is 1. The van der Waals surface area contributed by atoms with E-state index < -0.39 is 17.5 Å². The van der Waals surface area contributed by atoms with Crippen molar-refractivity contribution in [1.29, 1.82) is 5.26 Å². The van der Waals surface area contributed by atoms with E-state index in [1.54, 1.807) is 0 Å². The predicted molar refractivity (Wildman–Crippen MR) is 51.3 cm³/mol. The third-order valence-corrected chi connectivity index (χ3v) is 1.65. The highest BCUT2D eigenvalue weighted by Crippen LogP contribution is 2.12. The zero-order chi connectivity index (χ0) is 12.1. The van der Waals surface area contributed by atoms with Crippen molar-refractivity contribution in [2.75, 3.05) is 7.11 Å². The standard InChI is InChI=1S/C10H7NO5/c1-15-10(14)8-3-2-7(16-8)4-6(5-11)9(12)13/h2-4H,1H3,(H,12,13)/b6-4+. The molecule has 0 aliphatic heterocycles. The molecule has 0 saturated heterocycles. The molecule has 0 aliphatic carbocycles. The smallest absolute Gasteiger partial charge is 0.373 e. The summed E-state index contributed by atoms with van der Waals surface area (Å²) in [5.74, 6) is -2.00. The number of aliphatic carboxylic acids is 1. The number of ether oxygens (including phenoxy) is 1. The summed E-state index contributed by atoms with van der Waals surface area (Å²) in [5, 5.41) is 17.1. The highest BCUT2D eigenvalue weighted by molar-refractivity contribution is 5.96. The number of carbonyl (C=O) groups excluding carboxylic acids is 1. The van der Waals surface area contributed by atoms with Crippen molar-refractivity contribution in [2.24, 2.45) is 0 Å². The number of carboxylic acids is 1. The Bertz CT molecular complexity index is 492. The van der Waals surface area contributed by atoms with Gasteiger partial charge in [0.15, 0.2) is 0 Å². The summed E-state index contributed by atoms with van der Waals surface area (Å²) in [4.78, 5) is 21.5. The second-order valence-corrected chi connectivity index (χ2v) is 2.67. The SMILES string of the molecule is COC(=O)c1ccc(/C=C(\C#N)C(=O)O)o1. The molecule has 0 aromatic carbocycles. The predicted octanol–water partition coefficient (Wildman–Crippen LogP) is 1.06. The molecule has 1 heterocycles. The molecule has 1 N–H and O–H groups in total. The molecule has 0 amide bonds. The summed E-state index contributed by atoms with van der Waals surface area (Å²) in [6.07, 6.45) is 1.02. The summed E-state index contributed by atoms with van der Waals surface area (Å²) >= 11 is 0. The van der Waals surface area contributed by atoms with Crippen LogP contribution in [0.25, 0.3) is 6.08 Å². The first kappa shape index (κ1) is 11.5. The fourth-order valence-corrected chi connectivity index (χ4v) is 0.925. The van der Waals surface area contributed by atoms with E-state index in [1.165, 1.54) is 25.3 Å².